The summed E-state index contributed by atoms with van der Waals surface area (Å²) < 4.78 is 1.77. The van der Waals surface area contributed by atoms with Gasteiger partial charge in [0.15, 0.2) is 5.78 Å². The Morgan fingerprint density at radius 1 is 1.25 bits per heavy atom. The normalized spacial score (nSPS) is 14.2. The Morgan fingerprint density at radius 2 is 2.12 bits per heavy atom. The van der Waals surface area contributed by atoms with Crippen molar-refractivity contribution < 1.29 is 4.79 Å². The molecule has 3 nitrogen and oxygen atoms in total. The van der Waals surface area contributed by atoms with E-state index in [2.05, 4.69) is 17.2 Å². The average Bonchev–Trinajstić information content (AvgIpc) is 2.86. The minimum Gasteiger partial charge on any atom is -0.294 e. The zero-order valence-electron chi connectivity index (χ0n) is 9.10. The van der Waals surface area contributed by atoms with Gasteiger partial charge in [-0.15, -0.1) is 0 Å². The number of carbonyl (C=O) groups excluding carboxylic acids is 1. The van der Waals surface area contributed by atoms with Crippen molar-refractivity contribution in [2.24, 2.45) is 7.05 Å². The van der Waals surface area contributed by atoms with Gasteiger partial charge in [-0.1, -0.05) is 12.1 Å². The van der Waals surface area contributed by atoms with Crippen molar-refractivity contribution in [3.05, 3.63) is 41.7 Å². The van der Waals surface area contributed by atoms with Crippen molar-refractivity contribution in [1.29, 1.82) is 0 Å². The van der Waals surface area contributed by atoms with Crippen LogP contribution < -0.4 is 0 Å². The lowest BCUT2D eigenvalue weighted by Crippen LogP contribution is -1.91. The fraction of sp³-hybridized carbons (Fsp3) is 0.231. The summed E-state index contributed by atoms with van der Waals surface area (Å²) in [7, 11) is 1.89. The van der Waals surface area contributed by atoms with Crippen LogP contribution in [0.5, 0.6) is 0 Å². The molecule has 1 aromatic heterocycles. The zero-order valence-corrected chi connectivity index (χ0v) is 9.10. The van der Waals surface area contributed by atoms with Crippen molar-refractivity contribution in [3.63, 3.8) is 0 Å². The third-order valence-corrected chi connectivity index (χ3v) is 3.07. The lowest BCUT2D eigenvalue weighted by molar-refractivity contribution is 0.0994. The predicted molar refractivity (Wildman–Crippen MR) is 61.3 cm³/mol. The van der Waals surface area contributed by atoms with Crippen LogP contribution in [0.4, 0.5) is 0 Å². The first-order valence-electron chi connectivity index (χ1n) is 5.39. The molecule has 0 aliphatic heterocycles. The van der Waals surface area contributed by atoms with E-state index in [4.69, 9.17) is 0 Å². The van der Waals surface area contributed by atoms with E-state index in [0.29, 0.717) is 6.42 Å². The topological polar surface area (TPSA) is 34.9 Å². The number of hydrogen-bond acceptors (Lipinski definition) is 2. The zero-order chi connectivity index (χ0) is 11.1. The summed E-state index contributed by atoms with van der Waals surface area (Å²) in [6.07, 6.45) is 5.33. The SMILES string of the molecule is Cn1cc(-c2ccc3c(c2)C(=O)CC3)cn1. The summed E-state index contributed by atoms with van der Waals surface area (Å²) in [5.41, 5.74) is 4.20. The highest BCUT2D eigenvalue weighted by atomic mass is 16.1. The number of aryl methyl sites for hydroxylation is 2. The van der Waals surface area contributed by atoms with Crippen LogP contribution in [0.15, 0.2) is 30.6 Å². The molecular weight excluding hydrogens is 200 g/mol. The van der Waals surface area contributed by atoms with Gasteiger partial charge < -0.3 is 0 Å². The van der Waals surface area contributed by atoms with Crippen molar-refractivity contribution in [2.75, 3.05) is 0 Å². The van der Waals surface area contributed by atoms with Gasteiger partial charge in [-0.05, 0) is 23.6 Å². The predicted octanol–water partition coefficient (Wildman–Crippen LogP) is 2.22. The van der Waals surface area contributed by atoms with E-state index in [1.54, 1.807) is 4.68 Å². The third kappa shape index (κ3) is 1.36. The van der Waals surface area contributed by atoms with Crippen LogP contribution in [0.1, 0.15) is 22.3 Å². The number of ketones is 1. The standard InChI is InChI=1S/C13H12N2O/c1-15-8-11(7-14-15)10-3-2-9-4-5-13(16)12(9)6-10/h2-3,6-8H,4-5H2,1H3. The molecule has 2 aromatic rings. The molecule has 1 aliphatic rings. The fourth-order valence-electron chi connectivity index (χ4n) is 2.19. The quantitative estimate of drug-likeness (QED) is 0.726. The highest BCUT2D eigenvalue weighted by Gasteiger charge is 2.19. The number of aromatic nitrogens is 2. The van der Waals surface area contributed by atoms with Crippen LogP contribution in [0.3, 0.4) is 0 Å². The van der Waals surface area contributed by atoms with Gasteiger partial charge >= 0.3 is 0 Å². The number of carbonyl (C=O) groups is 1. The van der Waals surface area contributed by atoms with Crippen molar-refractivity contribution >= 4 is 5.78 Å². The molecule has 3 rings (SSSR count). The Kier molecular flexibility index (Phi) is 1.93. The smallest absolute Gasteiger partial charge is 0.163 e. The Hall–Kier alpha value is -1.90. The second-order valence-electron chi connectivity index (χ2n) is 4.20. The maximum absolute atomic E-state index is 11.6. The average molecular weight is 212 g/mol. The highest BCUT2D eigenvalue weighted by molar-refractivity contribution is 6.01. The first kappa shape index (κ1) is 9.33. The molecule has 1 heterocycles. The summed E-state index contributed by atoms with van der Waals surface area (Å²) in [6, 6.07) is 6.11. The van der Waals surface area contributed by atoms with E-state index in [-0.39, 0.29) is 5.78 Å². The van der Waals surface area contributed by atoms with Crippen LogP contribution in [-0.2, 0) is 13.5 Å². The molecule has 0 amide bonds. The summed E-state index contributed by atoms with van der Waals surface area (Å²) in [5.74, 6) is 0.265. The summed E-state index contributed by atoms with van der Waals surface area (Å²) in [5, 5.41) is 4.14. The second-order valence-corrected chi connectivity index (χ2v) is 4.20. The van der Waals surface area contributed by atoms with Crippen LogP contribution in [0.25, 0.3) is 11.1 Å². The summed E-state index contributed by atoms with van der Waals surface area (Å²) >= 11 is 0. The molecule has 0 unspecified atom stereocenters. The molecule has 0 saturated carbocycles. The van der Waals surface area contributed by atoms with Gasteiger partial charge in [-0.25, -0.2) is 0 Å². The maximum Gasteiger partial charge on any atom is 0.163 e. The van der Waals surface area contributed by atoms with Gasteiger partial charge in [0.05, 0.1) is 6.20 Å². The molecule has 3 heteroatoms. The minimum atomic E-state index is 0.265. The Morgan fingerprint density at radius 3 is 2.88 bits per heavy atom. The van der Waals surface area contributed by atoms with Gasteiger partial charge in [-0.2, -0.15) is 5.10 Å². The molecule has 0 saturated heterocycles. The fourth-order valence-corrected chi connectivity index (χ4v) is 2.19. The van der Waals surface area contributed by atoms with Gasteiger partial charge in [0.25, 0.3) is 0 Å². The van der Waals surface area contributed by atoms with Crippen molar-refractivity contribution in [3.8, 4) is 11.1 Å². The van der Waals surface area contributed by atoms with Gasteiger partial charge in [-0.3, -0.25) is 9.48 Å². The molecule has 0 atom stereocenters. The molecule has 1 aromatic carbocycles. The number of fused-ring (bicyclic) bond motifs is 1. The van der Waals surface area contributed by atoms with E-state index in [0.717, 1.165) is 23.1 Å². The molecule has 0 fully saturated rings. The highest BCUT2D eigenvalue weighted by Crippen LogP contribution is 2.27. The van der Waals surface area contributed by atoms with E-state index in [1.165, 1.54) is 5.56 Å². The van der Waals surface area contributed by atoms with Crippen LogP contribution >= 0.6 is 0 Å². The Labute approximate surface area is 93.7 Å². The molecule has 0 spiro atoms. The molecule has 1 aliphatic carbocycles. The number of nitrogens with zero attached hydrogens (tertiary/aromatic N) is 2. The first-order chi connectivity index (χ1) is 7.74. The molecule has 0 bridgehead atoms. The lowest BCUT2D eigenvalue weighted by atomic mass is 10.0. The van der Waals surface area contributed by atoms with Gasteiger partial charge in [0.2, 0.25) is 0 Å². The number of Topliss-reactive ketones (excluding diaryl/α,β-unsaturated/α-hetero) is 1. The Balaban J connectivity index is 2.10. The van der Waals surface area contributed by atoms with Gasteiger partial charge in [0.1, 0.15) is 0 Å². The van der Waals surface area contributed by atoms with E-state index >= 15 is 0 Å². The van der Waals surface area contributed by atoms with Crippen molar-refractivity contribution in [1.82, 2.24) is 9.78 Å². The summed E-state index contributed by atoms with van der Waals surface area (Å²) in [4.78, 5) is 11.6. The van der Waals surface area contributed by atoms with E-state index in [9.17, 15) is 4.79 Å². The monoisotopic (exact) mass is 212 g/mol. The van der Waals surface area contributed by atoms with E-state index < -0.39 is 0 Å². The van der Waals surface area contributed by atoms with Crippen molar-refractivity contribution in [2.45, 2.75) is 12.8 Å². The second kappa shape index (κ2) is 3.30. The summed E-state index contributed by atoms with van der Waals surface area (Å²) in [6.45, 7) is 0. The number of hydrogen-bond donors (Lipinski definition) is 0. The molecular formula is C13H12N2O. The molecule has 0 N–H and O–H groups in total. The largest absolute Gasteiger partial charge is 0.294 e. The van der Waals surface area contributed by atoms with Crippen LogP contribution in [0, 0.1) is 0 Å². The van der Waals surface area contributed by atoms with E-state index in [1.807, 2.05) is 25.5 Å². The maximum atomic E-state index is 11.6. The lowest BCUT2D eigenvalue weighted by Gasteiger charge is -2.01. The molecule has 16 heavy (non-hydrogen) atoms. The van der Waals surface area contributed by atoms with Gasteiger partial charge in [0, 0.05) is 30.8 Å². The number of rotatable bonds is 1. The first-order valence-corrected chi connectivity index (χ1v) is 5.39. The van der Waals surface area contributed by atoms with Crippen LogP contribution in [-0.4, -0.2) is 15.6 Å². The number of benzene rings is 1. The third-order valence-electron chi connectivity index (χ3n) is 3.07. The molecule has 0 radical (unpaired) electrons. The Bertz CT molecular complexity index is 569. The van der Waals surface area contributed by atoms with Crippen LogP contribution in [0.2, 0.25) is 0 Å². The minimum absolute atomic E-state index is 0.265. The molecule has 80 valence electrons.